The van der Waals surface area contributed by atoms with E-state index in [9.17, 15) is 4.79 Å². The van der Waals surface area contributed by atoms with E-state index in [-0.39, 0.29) is 5.97 Å². The van der Waals surface area contributed by atoms with Crippen molar-refractivity contribution in [2.75, 3.05) is 32.8 Å². The van der Waals surface area contributed by atoms with Crippen LogP contribution in [0.25, 0.3) is 0 Å². The van der Waals surface area contributed by atoms with Crippen LogP contribution in [0.5, 0.6) is 0 Å². The van der Waals surface area contributed by atoms with Gasteiger partial charge in [-0.1, -0.05) is 29.3 Å². The van der Waals surface area contributed by atoms with Crippen molar-refractivity contribution < 1.29 is 9.53 Å². The van der Waals surface area contributed by atoms with Gasteiger partial charge in [-0.3, -0.25) is 4.90 Å². The van der Waals surface area contributed by atoms with E-state index >= 15 is 0 Å². The average Bonchev–Trinajstić information content (AvgIpc) is 2.43. The van der Waals surface area contributed by atoms with Gasteiger partial charge in [-0.25, -0.2) is 4.79 Å². The Bertz CT molecular complexity index is 476. The minimum atomic E-state index is -0.471. The molecule has 2 rings (SSSR count). The van der Waals surface area contributed by atoms with Crippen molar-refractivity contribution in [2.24, 2.45) is 0 Å². The highest BCUT2D eigenvalue weighted by Crippen LogP contribution is 2.31. The lowest BCUT2D eigenvalue weighted by Crippen LogP contribution is -2.47. The third kappa shape index (κ3) is 3.64. The molecule has 1 aliphatic heterocycles. The second-order valence-corrected chi connectivity index (χ2v) is 5.45. The summed E-state index contributed by atoms with van der Waals surface area (Å²) in [6, 6.07) is 4.74. The molecule has 0 aliphatic carbocycles. The van der Waals surface area contributed by atoms with E-state index in [2.05, 4.69) is 10.2 Å². The summed E-state index contributed by atoms with van der Waals surface area (Å²) in [5.41, 5.74) is 0.747. The third-order valence-corrected chi connectivity index (χ3v) is 3.85. The van der Waals surface area contributed by atoms with Gasteiger partial charge in [0.25, 0.3) is 0 Å². The fourth-order valence-corrected chi connectivity index (χ4v) is 2.87. The van der Waals surface area contributed by atoms with E-state index in [0.717, 1.165) is 31.7 Å². The van der Waals surface area contributed by atoms with Crippen molar-refractivity contribution >= 4 is 29.2 Å². The van der Waals surface area contributed by atoms with Crippen LogP contribution in [0.15, 0.2) is 18.2 Å². The minimum absolute atomic E-state index is 0.265. The number of hydrogen-bond acceptors (Lipinski definition) is 4. The van der Waals surface area contributed by atoms with Gasteiger partial charge in [0, 0.05) is 36.2 Å². The van der Waals surface area contributed by atoms with Gasteiger partial charge in [0.2, 0.25) is 0 Å². The third-order valence-electron chi connectivity index (χ3n) is 3.28. The number of esters is 1. The molecule has 0 bridgehead atoms. The predicted octanol–water partition coefficient (Wildman–Crippen LogP) is 2.50. The van der Waals surface area contributed by atoms with E-state index in [1.807, 2.05) is 0 Å². The minimum Gasteiger partial charge on any atom is -0.465 e. The summed E-state index contributed by atoms with van der Waals surface area (Å²) in [6.45, 7) is 5.41. The molecule has 1 N–H and O–H groups in total. The maximum atomic E-state index is 12.3. The number of ether oxygens (including phenoxy) is 1. The Morgan fingerprint density at radius 1 is 1.40 bits per heavy atom. The molecule has 1 aromatic carbocycles. The monoisotopic (exact) mass is 316 g/mol. The molecule has 0 radical (unpaired) electrons. The molecule has 0 spiro atoms. The number of halogens is 2. The maximum Gasteiger partial charge on any atom is 0.328 e. The van der Waals surface area contributed by atoms with Crippen molar-refractivity contribution in [3.63, 3.8) is 0 Å². The van der Waals surface area contributed by atoms with Crippen molar-refractivity contribution in [3.05, 3.63) is 33.8 Å². The van der Waals surface area contributed by atoms with E-state index in [4.69, 9.17) is 27.9 Å². The molecule has 6 heteroatoms. The fourth-order valence-electron chi connectivity index (χ4n) is 2.36. The zero-order valence-corrected chi connectivity index (χ0v) is 12.9. The molecule has 1 fully saturated rings. The summed E-state index contributed by atoms with van der Waals surface area (Å²) < 4.78 is 5.20. The molecule has 20 heavy (non-hydrogen) atoms. The molecular weight excluding hydrogens is 299 g/mol. The summed E-state index contributed by atoms with van der Waals surface area (Å²) in [7, 11) is 0. The van der Waals surface area contributed by atoms with Crippen molar-refractivity contribution in [3.8, 4) is 0 Å². The van der Waals surface area contributed by atoms with Crippen LogP contribution in [0.2, 0.25) is 10.0 Å². The van der Waals surface area contributed by atoms with Gasteiger partial charge >= 0.3 is 5.97 Å². The SMILES string of the molecule is CCOC(=O)C(c1ccc(Cl)cc1Cl)N1CCNCC1. The zero-order chi connectivity index (χ0) is 14.5. The number of hydrogen-bond donors (Lipinski definition) is 1. The maximum absolute atomic E-state index is 12.3. The van der Waals surface area contributed by atoms with E-state index in [0.29, 0.717) is 16.7 Å². The van der Waals surface area contributed by atoms with Crippen LogP contribution >= 0.6 is 23.2 Å². The highest BCUT2D eigenvalue weighted by Gasteiger charge is 2.31. The van der Waals surface area contributed by atoms with Gasteiger partial charge in [0.05, 0.1) is 6.61 Å². The van der Waals surface area contributed by atoms with Crippen LogP contribution in [0.3, 0.4) is 0 Å². The molecule has 4 nitrogen and oxygen atoms in total. The second kappa shape index (κ2) is 7.27. The lowest BCUT2D eigenvalue weighted by atomic mass is 10.0. The van der Waals surface area contributed by atoms with Gasteiger partial charge in [-0.15, -0.1) is 0 Å². The number of carbonyl (C=O) groups excluding carboxylic acids is 1. The van der Waals surface area contributed by atoms with E-state index in [1.165, 1.54) is 0 Å². The zero-order valence-electron chi connectivity index (χ0n) is 11.4. The average molecular weight is 317 g/mol. The summed E-state index contributed by atoms with van der Waals surface area (Å²) in [6.07, 6.45) is 0. The van der Waals surface area contributed by atoms with Gasteiger partial charge in [0.1, 0.15) is 6.04 Å². The molecule has 1 unspecified atom stereocenters. The quantitative estimate of drug-likeness (QED) is 0.867. The number of benzene rings is 1. The molecule has 1 heterocycles. The normalized spacial score (nSPS) is 17.8. The first-order valence-electron chi connectivity index (χ1n) is 6.70. The molecule has 1 aliphatic rings. The number of piperazine rings is 1. The first kappa shape index (κ1) is 15.6. The molecule has 110 valence electrons. The van der Waals surface area contributed by atoms with Gasteiger partial charge in [-0.05, 0) is 24.6 Å². The standard InChI is InChI=1S/C14H18Cl2N2O2/c1-2-20-14(19)13(18-7-5-17-6-8-18)11-4-3-10(15)9-12(11)16/h3-4,9,13,17H,2,5-8H2,1H3. The molecule has 0 aromatic heterocycles. The van der Waals surface area contributed by atoms with E-state index in [1.54, 1.807) is 25.1 Å². The number of nitrogens with zero attached hydrogens (tertiary/aromatic N) is 1. The largest absolute Gasteiger partial charge is 0.465 e. The van der Waals surface area contributed by atoms with Gasteiger partial charge in [0.15, 0.2) is 0 Å². The highest BCUT2D eigenvalue weighted by molar-refractivity contribution is 6.35. The van der Waals surface area contributed by atoms with E-state index < -0.39 is 6.04 Å². The van der Waals surface area contributed by atoms with Crippen LogP contribution in [-0.4, -0.2) is 43.7 Å². The molecule has 1 atom stereocenters. The lowest BCUT2D eigenvalue weighted by Gasteiger charge is -2.34. The van der Waals surface area contributed by atoms with Crippen LogP contribution in [0, 0.1) is 0 Å². The summed E-state index contributed by atoms with van der Waals surface area (Å²) in [5, 5.41) is 4.32. The lowest BCUT2D eigenvalue weighted by molar-refractivity contribution is -0.150. The smallest absolute Gasteiger partial charge is 0.328 e. The van der Waals surface area contributed by atoms with Crippen molar-refractivity contribution in [1.29, 1.82) is 0 Å². The summed E-state index contributed by atoms with van der Waals surface area (Å²) in [4.78, 5) is 14.4. The van der Waals surface area contributed by atoms with Crippen LogP contribution in [-0.2, 0) is 9.53 Å². The molecule has 1 saturated heterocycles. The van der Waals surface area contributed by atoms with Crippen LogP contribution in [0.4, 0.5) is 0 Å². The first-order chi connectivity index (χ1) is 9.63. The Morgan fingerprint density at radius 3 is 2.70 bits per heavy atom. The molecular formula is C14H18Cl2N2O2. The topological polar surface area (TPSA) is 41.6 Å². The Morgan fingerprint density at radius 2 is 2.10 bits per heavy atom. The predicted molar refractivity (Wildman–Crippen MR) is 80.3 cm³/mol. The number of carbonyl (C=O) groups is 1. The van der Waals surface area contributed by atoms with Gasteiger partial charge in [-0.2, -0.15) is 0 Å². The van der Waals surface area contributed by atoms with Crippen molar-refractivity contribution in [1.82, 2.24) is 10.2 Å². The highest BCUT2D eigenvalue weighted by atomic mass is 35.5. The van der Waals surface area contributed by atoms with Crippen LogP contribution < -0.4 is 5.32 Å². The molecule has 1 aromatic rings. The second-order valence-electron chi connectivity index (χ2n) is 4.61. The van der Waals surface area contributed by atoms with Crippen molar-refractivity contribution in [2.45, 2.75) is 13.0 Å². The molecule has 0 saturated carbocycles. The fraction of sp³-hybridized carbons (Fsp3) is 0.500. The number of rotatable bonds is 4. The Labute approximate surface area is 129 Å². The summed E-state index contributed by atoms with van der Waals surface area (Å²) >= 11 is 12.2. The van der Waals surface area contributed by atoms with Crippen LogP contribution in [0.1, 0.15) is 18.5 Å². The van der Waals surface area contributed by atoms with Gasteiger partial charge < -0.3 is 10.1 Å². The number of nitrogens with one attached hydrogen (secondary N) is 1. The molecule has 0 amide bonds. The Balaban J connectivity index is 2.31. The first-order valence-corrected chi connectivity index (χ1v) is 7.45. The Hall–Kier alpha value is -0.810. The Kier molecular flexibility index (Phi) is 5.66. The summed E-state index contributed by atoms with van der Waals surface area (Å²) in [5.74, 6) is -0.265.